The van der Waals surface area contributed by atoms with Crippen LogP contribution in [0.5, 0.6) is 11.5 Å². The first kappa shape index (κ1) is 20.9. The number of benzene rings is 2. The fourth-order valence-corrected chi connectivity index (χ4v) is 3.53. The second-order valence-electron chi connectivity index (χ2n) is 7.19. The van der Waals surface area contributed by atoms with E-state index >= 15 is 0 Å². The standard InChI is InChI=1S/C22H28FN3O3/c1-24(15-17-4-9-20(28-2)14-21(17)29-3)16-22(27)26-12-10-25(11-13-26)19-7-5-18(23)6-8-19/h4-9,14H,10-13,15-16H2,1-3H3. The molecule has 1 amide bonds. The maximum Gasteiger partial charge on any atom is 0.236 e. The van der Waals surface area contributed by atoms with E-state index in [9.17, 15) is 9.18 Å². The predicted octanol–water partition coefficient (Wildman–Crippen LogP) is 2.62. The molecule has 0 aromatic heterocycles. The Kier molecular flexibility index (Phi) is 6.93. The summed E-state index contributed by atoms with van der Waals surface area (Å²) in [7, 11) is 5.18. The highest BCUT2D eigenvalue weighted by molar-refractivity contribution is 5.78. The maximum atomic E-state index is 13.1. The van der Waals surface area contributed by atoms with Crippen molar-refractivity contribution in [2.45, 2.75) is 6.54 Å². The molecule has 0 atom stereocenters. The van der Waals surface area contributed by atoms with Crippen LogP contribution >= 0.6 is 0 Å². The summed E-state index contributed by atoms with van der Waals surface area (Å²) < 4.78 is 23.8. The molecule has 2 aromatic rings. The molecule has 0 bridgehead atoms. The van der Waals surface area contributed by atoms with Crippen molar-refractivity contribution < 1.29 is 18.7 Å². The van der Waals surface area contributed by atoms with Gasteiger partial charge in [0.1, 0.15) is 17.3 Å². The summed E-state index contributed by atoms with van der Waals surface area (Å²) in [6.07, 6.45) is 0. The minimum Gasteiger partial charge on any atom is -0.497 e. The molecule has 7 heteroatoms. The zero-order valence-electron chi connectivity index (χ0n) is 17.2. The monoisotopic (exact) mass is 401 g/mol. The number of amides is 1. The molecule has 1 fully saturated rings. The summed E-state index contributed by atoms with van der Waals surface area (Å²) in [4.78, 5) is 18.8. The van der Waals surface area contributed by atoms with E-state index in [1.165, 1.54) is 12.1 Å². The van der Waals surface area contributed by atoms with Crippen LogP contribution in [-0.2, 0) is 11.3 Å². The van der Waals surface area contributed by atoms with E-state index in [0.717, 1.165) is 35.8 Å². The Morgan fingerprint density at radius 3 is 2.34 bits per heavy atom. The van der Waals surface area contributed by atoms with Gasteiger partial charge in [-0.2, -0.15) is 0 Å². The number of nitrogens with zero attached hydrogens (tertiary/aromatic N) is 3. The van der Waals surface area contributed by atoms with E-state index in [-0.39, 0.29) is 11.7 Å². The lowest BCUT2D eigenvalue weighted by molar-refractivity contribution is -0.132. The van der Waals surface area contributed by atoms with Crippen LogP contribution in [0.1, 0.15) is 5.56 Å². The minimum absolute atomic E-state index is 0.110. The summed E-state index contributed by atoms with van der Waals surface area (Å²) in [5, 5.41) is 0. The first-order valence-corrected chi connectivity index (χ1v) is 9.68. The van der Waals surface area contributed by atoms with E-state index in [4.69, 9.17) is 9.47 Å². The largest absolute Gasteiger partial charge is 0.497 e. The van der Waals surface area contributed by atoms with Crippen molar-refractivity contribution in [3.05, 3.63) is 53.8 Å². The highest BCUT2D eigenvalue weighted by Gasteiger charge is 2.22. The number of piperazine rings is 1. The minimum atomic E-state index is -0.237. The van der Waals surface area contributed by atoms with Crippen molar-refractivity contribution in [1.29, 1.82) is 0 Å². The molecule has 1 saturated heterocycles. The second-order valence-corrected chi connectivity index (χ2v) is 7.19. The molecule has 0 aliphatic carbocycles. The Morgan fingerprint density at radius 2 is 1.72 bits per heavy atom. The fourth-order valence-electron chi connectivity index (χ4n) is 3.53. The molecule has 0 N–H and O–H groups in total. The topological polar surface area (TPSA) is 45.2 Å². The van der Waals surface area contributed by atoms with Crippen molar-refractivity contribution in [2.75, 3.05) is 58.9 Å². The van der Waals surface area contributed by atoms with Gasteiger partial charge >= 0.3 is 0 Å². The summed E-state index contributed by atoms with van der Waals surface area (Å²) >= 11 is 0. The fraction of sp³-hybridized carbons (Fsp3) is 0.409. The van der Waals surface area contributed by atoms with Crippen LogP contribution in [0.2, 0.25) is 0 Å². The lowest BCUT2D eigenvalue weighted by Crippen LogP contribution is -2.51. The second kappa shape index (κ2) is 9.60. The Balaban J connectivity index is 1.51. The van der Waals surface area contributed by atoms with Crippen molar-refractivity contribution in [3.63, 3.8) is 0 Å². The van der Waals surface area contributed by atoms with Crippen LogP contribution in [0.15, 0.2) is 42.5 Å². The smallest absolute Gasteiger partial charge is 0.236 e. The number of hydrogen-bond acceptors (Lipinski definition) is 5. The van der Waals surface area contributed by atoms with Gasteiger partial charge in [-0.05, 0) is 37.4 Å². The number of methoxy groups -OCH3 is 2. The molecular formula is C22H28FN3O3. The molecule has 2 aromatic carbocycles. The number of ether oxygens (including phenoxy) is 2. The average Bonchev–Trinajstić information content (AvgIpc) is 2.74. The van der Waals surface area contributed by atoms with E-state index in [0.29, 0.717) is 26.2 Å². The van der Waals surface area contributed by atoms with Gasteiger partial charge in [-0.25, -0.2) is 4.39 Å². The number of rotatable bonds is 7. The Labute approximate surface area is 171 Å². The molecule has 1 aliphatic rings. The van der Waals surface area contributed by atoms with E-state index in [1.54, 1.807) is 26.4 Å². The lowest BCUT2D eigenvalue weighted by Gasteiger charge is -2.36. The quantitative estimate of drug-likeness (QED) is 0.714. The first-order valence-electron chi connectivity index (χ1n) is 9.68. The highest BCUT2D eigenvalue weighted by atomic mass is 19.1. The van der Waals surface area contributed by atoms with Gasteiger partial charge in [0.05, 0.1) is 20.8 Å². The zero-order valence-corrected chi connectivity index (χ0v) is 17.2. The van der Waals surface area contributed by atoms with Crippen LogP contribution in [0.4, 0.5) is 10.1 Å². The predicted molar refractivity (Wildman–Crippen MR) is 111 cm³/mol. The highest BCUT2D eigenvalue weighted by Crippen LogP contribution is 2.25. The van der Waals surface area contributed by atoms with Gasteiger partial charge < -0.3 is 19.3 Å². The number of likely N-dealkylation sites (N-methyl/N-ethyl adjacent to an activating group) is 1. The van der Waals surface area contributed by atoms with Crippen LogP contribution < -0.4 is 14.4 Å². The maximum absolute atomic E-state index is 13.1. The zero-order chi connectivity index (χ0) is 20.8. The van der Waals surface area contributed by atoms with Gasteiger partial charge in [-0.1, -0.05) is 6.07 Å². The number of halogens is 1. The summed E-state index contributed by atoms with van der Waals surface area (Å²) in [6, 6.07) is 12.2. The summed E-state index contributed by atoms with van der Waals surface area (Å²) in [5.41, 5.74) is 1.99. The molecule has 1 heterocycles. The third-order valence-corrected chi connectivity index (χ3v) is 5.16. The van der Waals surface area contributed by atoms with Gasteiger partial charge in [0.25, 0.3) is 0 Å². The molecule has 6 nitrogen and oxygen atoms in total. The Morgan fingerprint density at radius 1 is 1.03 bits per heavy atom. The van der Waals surface area contributed by atoms with Gasteiger partial charge in [-0.15, -0.1) is 0 Å². The van der Waals surface area contributed by atoms with Crippen molar-refractivity contribution in [2.24, 2.45) is 0 Å². The van der Waals surface area contributed by atoms with Crippen LogP contribution in [0, 0.1) is 5.82 Å². The molecule has 0 saturated carbocycles. The van der Waals surface area contributed by atoms with Crippen molar-refractivity contribution in [3.8, 4) is 11.5 Å². The molecule has 0 unspecified atom stereocenters. The van der Waals surface area contributed by atoms with Gasteiger partial charge in [0.2, 0.25) is 5.91 Å². The number of hydrogen-bond donors (Lipinski definition) is 0. The van der Waals surface area contributed by atoms with Crippen molar-refractivity contribution >= 4 is 11.6 Å². The van der Waals surface area contributed by atoms with Crippen LogP contribution in [-0.4, -0.2) is 69.7 Å². The summed E-state index contributed by atoms with van der Waals surface area (Å²) in [5.74, 6) is 1.36. The molecule has 0 radical (unpaired) electrons. The number of anilines is 1. The lowest BCUT2D eigenvalue weighted by atomic mass is 10.1. The SMILES string of the molecule is COc1ccc(CN(C)CC(=O)N2CCN(c3ccc(F)cc3)CC2)c(OC)c1. The van der Waals surface area contributed by atoms with Gasteiger partial charge in [0.15, 0.2) is 0 Å². The third kappa shape index (κ3) is 5.38. The Hall–Kier alpha value is -2.80. The number of carbonyl (C=O) groups is 1. The Bertz CT molecular complexity index is 821. The first-order chi connectivity index (χ1) is 14.0. The average molecular weight is 401 g/mol. The van der Waals surface area contributed by atoms with E-state index in [2.05, 4.69) is 4.90 Å². The van der Waals surface area contributed by atoms with E-state index in [1.807, 2.05) is 35.0 Å². The molecule has 156 valence electrons. The van der Waals surface area contributed by atoms with Gasteiger partial charge in [0, 0.05) is 50.0 Å². The molecular weight excluding hydrogens is 373 g/mol. The molecule has 1 aliphatic heterocycles. The van der Waals surface area contributed by atoms with Crippen molar-refractivity contribution in [1.82, 2.24) is 9.80 Å². The molecule has 0 spiro atoms. The molecule has 29 heavy (non-hydrogen) atoms. The number of carbonyl (C=O) groups excluding carboxylic acids is 1. The van der Waals surface area contributed by atoms with E-state index < -0.39 is 0 Å². The normalized spacial score (nSPS) is 14.2. The van der Waals surface area contributed by atoms with Gasteiger partial charge in [-0.3, -0.25) is 9.69 Å². The molecule has 3 rings (SSSR count). The van der Waals surface area contributed by atoms with Crippen LogP contribution in [0.25, 0.3) is 0 Å². The third-order valence-electron chi connectivity index (χ3n) is 5.16. The summed E-state index contributed by atoms with van der Waals surface area (Å²) in [6.45, 7) is 3.76. The van der Waals surface area contributed by atoms with Crippen LogP contribution in [0.3, 0.4) is 0 Å².